The van der Waals surface area contributed by atoms with Gasteiger partial charge in [-0.2, -0.15) is 5.21 Å². The predicted molar refractivity (Wildman–Crippen MR) is 75.9 cm³/mol. The fourth-order valence-electron chi connectivity index (χ4n) is 2.10. The lowest BCUT2D eigenvalue weighted by Gasteiger charge is -2.10. The number of nitrogens with zero attached hydrogens (tertiary/aromatic N) is 4. The van der Waals surface area contributed by atoms with Crippen LogP contribution in [0.25, 0.3) is 10.9 Å². The first kappa shape index (κ1) is 12.7. The van der Waals surface area contributed by atoms with Gasteiger partial charge in [0.2, 0.25) is 0 Å². The van der Waals surface area contributed by atoms with Gasteiger partial charge in [0, 0.05) is 17.6 Å². The number of H-pyrrole nitrogens is 1. The minimum Gasteiger partial charge on any atom is -0.303 e. The second kappa shape index (κ2) is 5.34. The van der Waals surface area contributed by atoms with Crippen molar-refractivity contribution >= 4 is 10.9 Å². The zero-order valence-electron chi connectivity index (χ0n) is 11.5. The molecule has 3 aromatic rings. The minimum atomic E-state index is 0.0561. The van der Waals surface area contributed by atoms with Crippen molar-refractivity contribution in [3.8, 4) is 0 Å². The summed E-state index contributed by atoms with van der Waals surface area (Å²) in [5.74, 6) is 0.670. The Bertz CT molecular complexity index is 707. The molecule has 0 spiro atoms. The molecule has 1 unspecified atom stereocenters. The number of aromatic nitrogens is 5. The van der Waals surface area contributed by atoms with Crippen LogP contribution in [0.2, 0.25) is 0 Å². The molecule has 0 amide bonds. The first-order valence-corrected chi connectivity index (χ1v) is 6.55. The van der Waals surface area contributed by atoms with E-state index >= 15 is 0 Å². The first-order valence-electron chi connectivity index (χ1n) is 6.55. The summed E-state index contributed by atoms with van der Waals surface area (Å²) in [7, 11) is 0. The van der Waals surface area contributed by atoms with Gasteiger partial charge in [-0.25, -0.2) is 0 Å². The van der Waals surface area contributed by atoms with Crippen molar-refractivity contribution in [3.63, 3.8) is 0 Å². The zero-order chi connectivity index (χ0) is 13.9. The van der Waals surface area contributed by atoms with Gasteiger partial charge in [0.05, 0.1) is 11.6 Å². The Balaban J connectivity index is 1.73. The molecular formula is C14H16N6. The number of benzene rings is 1. The fourth-order valence-corrected chi connectivity index (χ4v) is 2.10. The van der Waals surface area contributed by atoms with Gasteiger partial charge in [-0.3, -0.25) is 4.98 Å². The molecule has 0 bridgehead atoms. The van der Waals surface area contributed by atoms with Crippen LogP contribution < -0.4 is 5.32 Å². The van der Waals surface area contributed by atoms with Crippen molar-refractivity contribution in [1.82, 2.24) is 30.9 Å². The van der Waals surface area contributed by atoms with E-state index < -0.39 is 0 Å². The molecule has 1 aromatic carbocycles. The summed E-state index contributed by atoms with van der Waals surface area (Å²) in [4.78, 5) is 4.50. The number of nitrogens with one attached hydrogen (secondary N) is 2. The topological polar surface area (TPSA) is 79.4 Å². The van der Waals surface area contributed by atoms with E-state index in [-0.39, 0.29) is 6.04 Å². The predicted octanol–water partition coefficient (Wildman–Crippen LogP) is 1.91. The number of hydrogen-bond acceptors (Lipinski definition) is 5. The van der Waals surface area contributed by atoms with Gasteiger partial charge in [0.1, 0.15) is 0 Å². The van der Waals surface area contributed by atoms with E-state index in [2.05, 4.69) is 55.2 Å². The number of fused-ring (bicyclic) bond motifs is 1. The molecule has 0 aliphatic rings. The standard InChI is InChI=1S/C14H16N6/c1-9-3-5-12-7-11(4-6-13(12)16-9)8-15-10(2)14-17-19-20-18-14/h3-7,10,15H,8H2,1-2H3,(H,17,18,19,20). The third-order valence-electron chi connectivity index (χ3n) is 3.25. The lowest BCUT2D eigenvalue weighted by molar-refractivity contribution is 0.547. The van der Waals surface area contributed by atoms with E-state index in [4.69, 9.17) is 0 Å². The number of aromatic amines is 1. The molecule has 0 radical (unpaired) electrons. The number of hydrogen-bond donors (Lipinski definition) is 2. The highest BCUT2D eigenvalue weighted by atomic mass is 15.5. The van der Waals surface area contributed by atoms with Gasteiger partial charge in [0.15, 0.2) is 5.82 Å². The summed E-state index contributed by atoms with van der Waals surface area (Å²) in [6, 6.07) is 10.5. The van der Waals surface area contributed by atoms with Crippen molar-refractivity contribution in [1.29, 1.82) is 0 Å². The highest BCUT2D eigenvalue weighted by Crippen LogP contribution is 2.15. The lowest BCUT2D eigenvalue weighted by atomic mass is 10.1. The molecule has 6 nitrogen and oxygen atoms in total. The second-order valence-electron chi connectivity index (χ2n) is 4.85. The van der Waals surface area contributed by atoms with Crippen LogP contribution in [0.3, 0.4) is 0 Å². The van der Waals surface area contributed by atoms with E-state index in [1.165, 1.54) is 5.56 Å². The Morgan fingerprint density at radius 3 is 2.95 bits per heavy atom. The fraction of sp³-hybridized carbons (Fsp3) is 0.286. The van der Waals surface area contributed by atoms with E-state index in [0.717, 1.165) is 23.1 Å². The van der Waals surface area contributed by atoms with E-state index in [9.17, 15) is 0 Å². The molecule has 20 heavy (non-hydrogen) atoms. The Kier molecular flexibility index (Phi) is 3.39. The second-order valence-corrected chi connectivity index (χ2v) is 4.85. The average Bonchev–Trinajstić information content (AvgIpc) is 2.99. The summed E-state index contributed by atoms with van der Waals surface area (Å²) in [5.41, 5.74) is 3.27. The van der Waals surface area contributed by atoms with Crippen molar-refractivity contribution in [2.24, 2.45) is 0 Å². The molecular weight excluding hydrogens is 252 g/mol. The molecule has 3 rings (SSSR count). The average molecular weight is 268 g/mol. The third kappa shape index (κ3) is 2.65. The van der Waals surface area contributed by atoms with Crippen LogP contribution in [-0.2, 0) is 6.54 Å². The molecule has 0 aliphatic carbocycles. The largest absolute Gasteiger partial charge is 0.303 e. The molecule has 0 saturated carbocycles. The van der Waals surface area contributed by atoms with Gasteiger partial charge in [-0.15, -0.1) is 10.2 Å². The van der Waals surface area contributed by atoms with Gasteiger partial charge in [-0.05, 0) is 37.6 Å². The highest BCUT2D eigenvalue weighted by Gasteiger charge is 2.09. The van der Waals surface area contributed by atoms with Crippen LogP contribution in [0.4, 0.5) is 0 Å². The van der Waals surface area contributed by atoms with Crippen LogP contribution >= 0.6 is 0 Å². The maximum atomic E-state index is 4.50. The highest BCUT2D eigenvalue weighted by molar-refractivity contribution is 5.79. The zero-order valence-corrected chi connectivity index (χ0v) is 11.5. The van der Waals surface area contributed by atoms with Gasteiger partial charge < -0.3 is 5.32 Å². The lowest BCUT2D eigenvalue weighted by Crippen LogP contribution is -2.19. The van der Waals surface area contributed by atoms with E-state index in [0.29, 0.717) is 5.82 Å². The van der Waals surface area contributed by atoms with E-state index in [1.807, 2.05) is 19.9 Å². The smallest absolute Gasteiger partial charge is 0.191 e. The number of rotatable bonds is 4. The first-order chi connectivity index (χ1) is 9.72. The van der Waals surface area contributed by atoms with Crippen molar-refractivity contribution in [2.45, 2.75) is 26.4 Å². The molecule has 0 aliphatic heterocycles. The van der Waals surface area contributed by atoms with Crippen LogP contribution in [0.5, 0.6) is 0 Å². The molecule has 0 saturated heterocycles. The summed E-state index contributed by atoms with van der Waals surface area (Å²) in [5, 5.41) is 18.5. The molecule has 102 valence electrons. The number of pyridine rings is 1. The molecule has 0 fully saturated rings. The van der Waals surface area contributed by atoms with Crippen LogP contribution in [0.1, 0.15) is 30.0 Å². The molecule has 2 heterocycles. The van der Waals surface area contributed by atoms with Crippen LogP contribution in [-0.4, -0.2) is 25.6 Å². The van der Waals surface area contributed by atoms with Crippen molar-refractivity contribution < 1.29 is 0 Å². The van der Waals surface area contributed by atoms with Crippen LogP contribution in [0.15, 0.2) is 30.3 Å². The maximum absolute atomic E-state index is 4.50. The normalized spacial score (nSPS) is 12.7. The van der Waals surface area contributed by atoms with Gasteiger partial charge in [0.25, 0.3) is 0 Å². The molecule has 1 atom stereocenters. The number of aryl methyl sites for hydroxylation is 1. The van der Waals surface area contributed by atoms with Gasteiger partial charge in [-0.1, -0.05) is 17.3 Å². The monoisotopic (exact) mass is 268 g/mol. The quantitative estimate of drug-likeness (QED) is 0.755. The Labute approximate surface area is 116 Å². The Hall–Kier alpha value is -2.34. The van der Waals surface area contributed by atoms with Gasteiger partial charge >= 0.3 is 0 Å². The maximum Gasteiger partial charge on any atom is 0.191 e. The summed E-state index contributed by atoms with van der Waals surface area (Å²) < 4.78 is 0. The van der Waals surface area contributed by atoms with Crippen LogP contribution in [0, 0.1) is 6.92 Å². The molecule has 2 aromatic heterocycles. The Morgan fingerprint density at radius 2 is 2.15 bits per heavy atom. The van der Waals surface area contributed by atoms with E-state index in [1.54, 1.807) is 0 Å². The van der Waals surface area contributed by atoms with Crippen molar-refractivity contribution in [3.05, 3.63) is 47.4 Å². The minimum absolute atomic E-state index is 0.0561. The molecule has 2 N–H and O–H groups in total. The molecule has 6 heteroatoms. The third-order valence-corrected chi connectivity index (χ3v) is 3.25. The summed E-state index contributed by atoms with van der Waals surface area (Å²) >= 11 is 0. The summed E-state index contributed by atoms with van der Waals surface area (Å²) in [6.45, 7) is 4.76. The SMILES string of the molecule is Cc1ccc2cc(CNC(C)c3nn[nH]n3)ccc2n1. The summed E-state index contributed by atoms with van der Waals surface area (Å²) in [6.07, 6.45) is 0. The van der Waals surface area contributed by atoms with Crippen molar-refractivity contribution in [2.75, 3.05) is 0 Å². The number of tetrazole rings is 1. The Morgan fingerprint density at radius 1 is 1.25 bits per heavy atom.